The first-order chi connectivity index (χ1) is 12.5. The topological polar surface area (TPSA) is 54.5 Å². The predicted molar refractivity (Wildman–Crippen MR) is 101 cm³/mol. The second-order valence-electron chi connectivity index (χ2n) is 5.96. The van der Waals surface area contributed by atoms with Crippen LogP contribution in [0.5, 0.6) is 0 Å². The van der Waals surface area contributed by atoms with Crippen molar-refractivity contribution in [3.8, 4) is 11.1 Å². The highest BCUT2D eigenvalue weighted by molar-refractivity contribution is 7.15. The molecule has 0 saturated carbocycles. The summed E-state index contributed by atoms with van der Waals surface area (Å²) in [5.41, 5.74) is 2.79. The van der Waals surface area contributed by atoms with Gasteiger partial charge in [-0.25, -0.2) is 4.90 Å². The number of thiophene rings is 1. The van der Waals surface area contributed by atoms with Gasteiger partial charge in [-0.3, -0.25) is 14.4 Å². The summed E-state index contributed by atoms with van der Waals surface area (Å²) in [6.07, 6.45) is 0. The molecule has 0 fully saturated rings. The van der Waals surface area contributed by atoms with Gasteiger partial charge in [0.2, 0.25) is 0 Å². The highest BCUT2D eigenvalue weighted by Crippen LogP contribution is 2.48. The Morgan fingerprint density at radius 3 is 1.96 bits per heavy atom. The first kappa shape index (κ1) is 15.8. The second-order valence-corrected chi connectivity index (χ2v) is 7.63. The van der Waals surface area contributed by atoms with E-state index in [0.29, 0.717) is 43.4 Å². The molecular formula is C19H7Cl2NO3S. The van der Waals surface area contributed by atoms with E-state index in [2.05, 4.69) is 0 Å². The molecule has 4 nitrogen and oxygen atoms in total. The molecule has 2 aromatic carbocycles. The lowest BCUT2D eigenvalue weighted by molar-refractivity contribution is 0.0927. The number of imide groups is 1. The van der Waals surface area contributed by atoms with Crippen LogP contribution in [0.2, 0.25) is 10.0 Å². The molecule has 1 aromatic heterocycles. The monoisotopic (exact) mass is 399 g/mol. The summed E-state index contributed by atoms with van der Waals surface area (Å²) < 4.78 is 0. The maximum Gasteiger partial charge on any atom is 0.266 e. The summed E-state index contributed by atoms with van der Waals surface area (Å²) in [7, 11) is 0. The molecule has 0 bridgehead atoms. The number of carbonyl (C=O) groups excluding carboxylic acids is 3. The lowest BCUT2D eigenvalue weighted by atomic mass is 10.1. The average Bonchev–Trinajstić information content (AvgIpc) is 3.24. The Morgan fingerprint density at radius 1 is 0.769 bits per heavy atom. The zero-order valence-corrected chi connectivity index (χ0v) is 15.2. The SMILES string of the molecule is O=C1c2cc(Cl)c(Cl)cc2-c2csc(N3C(=O)c4ccccc4C3=O)c21. The Hall–Kier alpha value is -2.47. The van der Waals surface area contributed by atoms with Gasteiger partial charge in [0.05, 0.1) is 26.7 Å². The van der Waals surface area contributed by atoms with E-state index in [1.165, 1.54) is 17.4 Å². The van der Waals surface area contributed by atoms with E-state index in [1.807, 2.05) is 0 Å². The second kappa shape index (κ2) is 5.27. The van der Waals surface area contributed by atoms with Crippen LogP contribution >= 0.6 is 34.5 Å². The molecule has 0 saturated heterocycles. The number of fused-ring (bicyclic) bond motifs is 4. The highest BCUT2D eigenvalue weighted by Gasteiger charge is 2.42. The fourth-order valence-corrected chi connectivity index (χ4v) is 4.79. The van der Waals surface area contributed by atoms with E-state index in [4.69, 9.17) is 23.2 Å². The first-order valence-corrected chi connectivity index (χ1v) is 9.26. The number of ketones is 1. The third kappa shape index (κ3) is 1.88. The third-order valence-corrected chi connectivity index (χ3v) is 6.28. The smallest absolute Gasteiger partial charge is 0.266 e. The van der Waals surface area contributed by atoms with Crippen molar-refractivity contribution in [2.45, 2.75) is 0 Å². The Labute approximate surface area is 161 Å². The van der Waals surface area contributed by atoms with E-state index in [1.54, 1.807) is 35.7 Å². The van der Waals surface area contributed by atoms with E-state index in [0.717, 1.165) is 4.90 Å². The number of benzene rings is 2. The van der Waals surface area contributed by atoms with Crippen LogP contribution in [0, 0.1) is 0 Å². The van der Waals surface area contributed by atoms with Crippen LogP contribution in [0.15, 0.2) is 41.8 Å². The lowest BCUT2D eigenvalue weighted by Crippen LogP contribution is -2.29. The summed E-state index contributed by atoms with van der Waals surface area (Å²) in [5.74, 6) is -1.11. The van der Waals surface area contributed by atoms with Crippen molar-refractivity contribution in [3.63, 3.8) is 0 Å². The van der Waals surface area contributed by atoms with Crippen molar-refractivity contribution >= 4 is 57.1 Å². The summed E-state index contributed by atoms with van der Waals surface area (Å²) >= 11 is 13.3. The largest absolute Gasteiger partial charge is 0.288 e. The normalized spacial score (nSPS) is 14.7. The average molecular weight is 400 g/mol. The number of anilines is 1. The van der Waals surface area contributed by atoms with Crippen molar-refractivity contribution in [1.29, 1.82) is 0 Å². The molecule has 0 N–H and O–H groups in total. The van der Waals surface area contributed by atoms with Gasteiger partial charge in [0.1, 0.15) is 5.00 Å². The molecule has 2 amide bonds. The fraction of sp³-hybridized carbons (Fsp3) is 0. The van der Waals surface area contributed by atoms with Gasteiger partial charge in [0.15, 0.2) is 5.78 Å². The van der Waals surface area contributed by atoms with Gasteiger partial charge >= 0.3 is 0 Å². The minimum absolute atomic E-state index is 0.263. The van der Waals surface area contributed by atoms with Gasteiger partial charge in [-0.05, 0) is 29.8 Å². The van der Waals surface area contributed by atoms with E-state index >= 15 is 0 Å². The van der Waals surface area contributed by atoms with Crippen molar-refractivity contribution in [2.24, 2.45) is 0 Å². The van der Waals surface area contributed by atoms with Gasteiger partial charge in [-0.1, -0.05) is 35.3 Å². The Morgan fingerprint density at radius 2 is 1.35 bits per heavy atom. The zero-order chi connectivity index (χ0) is 18.2. The van der Waals surface area contributed by atoms with Gasteiger partial charge in [-0.2, -0.15) is 0 Å². The summed E-state index contributed by atoms with van der Waals surface area (Å²) in [6.45, 7) is 0. The molecule has 0 atom stereocenters. The van der Waals surface area contributed by atoms with Crippen LogP contribution in [-0.2, 0) is 0 Å². The number of carbonyl (C=O) groups is 3. The molecular weight excluding hydrogens is 393 g/mol. The molecule has 0 radical (unpaired) electrons. The zero-order valence-electron chi connectivity index (χ0n) is 12.9. The Balaban J connectivity index is 1.69. The third-order valence-electron chi connectivity index (χ3n) is 4.59. The van der Waals surface area contributed by atoms with Crippen LogP contribution in [0.25, 0.3) is 11.1 Å². The molecule has 26 heavy (non-hydrogen) atoms. The molecule has 2 heterocycles. The molecule has 7 heteroatoms. The quantitative estimate of drug-likeness (QED) is 0.420. The van der Waals surface area contributed by atoms with Crippen LogP contribution in [0.3, 0.4) is 0 Å². The Bertz CT molecular complexity index is 1150. The summed E-state index contributed by atoms with van der Waals surface area (Å²) in [6, 6.07) is 9.80. The van der Waals surface area contributed by atoms with E-state index < -0.39 is 11.8 Å². The van der Waals surface area contributed by atoms with Crippen molar-refractivity contribution in [3.05, 3.63) is 74.1 Å². The minimum atomic E-state index is -0.421. The van der Waals surface area contributed by atoms with Crippen LogP contribution < -0.4 is 4.90 Å². The van der Waals surface area contributed by atoms with Crippen molar-refractivity contribution < 1.29 is 14.4 Å². The molecule has 1 aliphatic carbocycles. The number of nitrogens with zero attached hydrogens (tertiary/aromatic N) is 1. The van der Waals surface area contributed by atoms with E-state index in [-0.39, 0.29) is 10.8 Å². The number of hydrogen-bond acceptors (Lipinski definition) is 4. The number of rotatable bonds is 1. The first-order valence-electron chi connectivity index (χ1n) is 7.62. The maximum atomic E-state index is 12.9. The van der Waals surface area contributed by atoms with Crippen molar-refractivity contribution in [1.82, 2.24) is 0 Å². The standard InChI is InChI=1S/C19H7Cl2NO3S/c20-13-5-10-11(6-14(13)21)16(23)15-12(10)7-26-19(15)22-17(24)8-3-1-2-4-9(8)18(22)25/h1-7H. The summed E-state index contributed by atoms with van der Waals surface area (Å²) in [4.78, 5) is 39.5. The number of halogens is 2. The number of hydrogen-bond donors (Lipinski definition) is 0. The minimum Gasteiger partial charge on any atom is -0.288 e. The molecule has 0 spiro atoms. The van der Waals surface area contributed by atoms with Gasteiger partial charge < -0.3 is 0 Å². The van der Waals surface area contributed by atoms with Gasteiger partial charge in [0.25, 0.3) is 11.8 Å². The predicted octanol–water partition coefficient (Wildman–Crippen LogP) is 5.07. The van der Waals surface area contributed by atoms with Crippen LogP contribution in [0.1, 0.15) is 36.6 Å². The highest BCUT2D eigenvalue weighted by atomic mass is 35.5. The maximum absolute atomic E-state index is 12.9. The fourth-order valence-electron chi connectivity index (χ4n) is 3.40. The molecule has 5 rings (SSSR count). The Kier molecular flexibility index (Phi) is 3.19. The molecule has 3 aromatic rings. The van der Waals surface area contributed by atoms with Crippen LogP contribution in [0.4, 0.5) is 5.00 Å². The van der Waals surface area contributed by atoms with Gasteiger partial charge in [0, 0.05) is 16.5 Å². The molecule has 1 aliphatic heterocycles. The molecule has 2 aliphatic rings. The molecule has 0 unspecified atom stereocenters. The van der Waals surface area contributed by atoms with E-state index in [9.17, 15) is 14.4 Å². The summed E-state index contributed by atoms with van der Waals surface area (Å²) in [5, 5.41) is 2.73. The van der Waals surface area contributed by atoms with Crippen molar-refractivity contribution in [2.75, 3.05) is 4.90 Å². The lowest BCUT2D eigenvalue weighted by Gasteiger charge is -2.12. The molecule has 126 valence electrons. The van der Waals surface area contributed by atoms with Gasteiger partial charge in [-0.15, -0.1) is 11.3 Å². The number of amides is 2. The van der Waals surface area contributed by atoms with Crippen LogP contribution in [-0.4, -0.2) is 17.6 Å².